The molecule has 2 heterocycles. The lowest BCUT2D eigenvalue weighted by Crippen LogP contribution is -2.40. The quantitative estimate of drug-likeness (QED) is 0.443. The van der Waals surface area contributed by atoms with Crippen molar-refractivity contribution in [1.29, 1.82) is 0 Å². The van der Waals surface area contributed by atoms with Crippen LogP contribution >= 0.6 is 7.92 Å². The topological polar surface area (TPSA) is 3.88 Å². The Balaban J connectivity index is 2.30. The largest absolute Gasteiger partial charge is 0.224 e. The summed E-state index contributed by atoms with van der Waals surface area (Å²) in [7, 11) is 1.35. The van der Waals surface area contributed by atoms with Gasteiger partial charge in [-0.25, -0.2) is 8.96 Å². The third-order valence-electron chi connectivity index (χ3n) is 4.41. The third kappa shape index (κ3) is 1.63. The fourth-order valence-corrected chi connectivity index (χ4v) is 5.50. The van der Waals surface area contributed by atoms with Gasteiger partial charge < -0.3 is 0 Å². The van der Waals surface area contributed by atoms with Gasteiger partial charge in [-0.05, 0) is 37.8 Å². The Hall–Kier alpha value is -1.79. The molecule has 1 aromatic heterocycles. The van der Waals surface area contributed by atoms with Crippen LogP contribution in [-0.4, -0.2) is 6.66 Å². The molecule has 2 aromatic carbocycles. The van der Waals surface area contributed by atoms with Gasteiger partial charge in [0.15, 0.2) is 6.20 Å². The minimum atomic E-state index is -0.658. The van der Waals surface area contributed by atoms with Crippen LogP contribution in [0.1, 0.15) is 5.56 Å². The van der Waals surface area contributed by atoms with Crippen molar-refractivity contribution in [2.45, 2.75) is 6.92 Å². The molecule has 104 valence electrons. The van der Waals surface area contributed by atoms with Crippen molar-refractivity contribution < 1.29 is 8.96 Å². The van der Waals surface area contributed by atoms with Gasteiger partial charge in [-0.2, -0.15) is 0 Å². The lowest BCUT2D eigenvalue weighted by Gasteiger charge is -2.25. The van der Waals surface area contributed by atoms with Crippen molar-refractivity contribution in [3.63, 3.8) is 0 Å². The molecule has 0 saturated carbocycles. The fourth-order valence-electron chi connectivity index (χ4n) is 3.39. The Labute approximate surface area is 124 Å². The second kappa shape index (κ2) is 4.35. The number of benzene rings is 2. The Morgan fingerprint density at radius 3 is 2.71 bits per heavy atom. The zero-order chi connectivity index (χ0) is 14.7. The second-order valence-electron chi connectivity index (χ2n) is 5.66. The van der Waals surface area contributed by atoms with Gasteiger partial charge in [0.1, 0.15) is 12.9 Å². The third-order valence-corrected chi connectivity index (χ3v) is 6.60. The summed E-state index contributed by atoms with van der Waals surface area (Å²) in [6.45, 7) is 4.28. The smallest absolute Gasteiger partial charge is 0.206 e. The molecule has 0 aliphatic carbocycles. The molecule has 0 amide bonds. The average Bonchev–Trinajstić information content (AvgIpc) is 2.48. The molecular formula is C18H16FNP+. The van der Waals surface area contributed by atoms with Crippen molar-refractivity contribution in [3.05, 3.63) is 54.0 Å². The molecule has 21 heavy (non-hydrogen) atoms. The molecule has 1 aliphatic heterocycles. The molecule has 0 saturated heterocycles. The van der Waals surface area contributed by atoms with Gasteiger partial charge in [-0.1, -0.05) is 30.3 Å². The summed E-state index contributed by atoms with van der Waals surface area (Å²) in [5.41, 5.74) is 3.45. The molecule has 0 radical (unpaired) electrons. The molecule has 3 heteroatoms. The van der Waals surface area contributed by atoms with Crippen molar-refractivity contribution in [1.82, 2.24) is 0 Å². The Bertz CT molecular complexity index is 901. The van der Waals surface area contributed by atoms with E-state index in [0.717, 1.165) is 11.0 Å². The zero-order valence-corrected chi connectivity index (χ0v) is 13.2. The van der Waals surface area contributed by atoms with Gasteiger partial charge in [0.25, 0.3) is 0 Å². The highest BCUT2D eigenvalue weighted by atomic mass is 31.1. The van der Waals surface area contributed by atoms with Crippen LogP contribution in [0.2, 0.25) is 0 Å². The number of halogens is 1. The molecule has 1 nitrogen and oxygen atoms in total. The predicted molar refractivity (Wildman–Crippen MR) is 87.4 cm³/mol. The lowest BCUT2D eigenvalue weighted by molar-refractivity contribution is -0.659. The van der Waals surface area contributed by atoms with E-state index in [9.17, 15) is 4.39 Å². The summed E-state index contributed by atoms with van der Waals surface area (Å²) < 4.78 is 16.6. The SMILES string of the molecule is Cc1ccc2cccc3c2c1-c1c(c(F)cc[n+]1C)P3C. The summed E-state index contributed by atoms with van der Waals surface area (Å²) in [6, 6.07) is 12.3. The van der Waals surface area contributed by atoms with E-state index in [4.69, 9.17) is 0 Å². The van der Waals surface area contributed by atoms with Crippen LogP contribution in [0.3, 0.4) is 0 Å². The van der Waals surface area contributed by atoms with Crippen LogP contribution in [0.15, 0.2) is 42.6 Å². The van der Waals surface area contributed by atoms with Crippen molar-refractivity contribution in [2.24, 2.45) is 7.05 Å². The molecule has 0 spiro atoms. The van der Waals surface area contributed by atoms with Gasteiger partial charge in [0.05, 0.1) is 10.9 Å². The molecule has 0 N–H and O–H groups in total. The summed E-state index contributed by atoms with van der Waals surface area (Å²) in [6.07, 6.45) is 1.82. The summed E-state index contributed by atoms with van der Waals surface area (Å²) in [5.74, 6) is -0.0809. The van der Waals surface area contributed by atoms with Gasteiger partial charge in [-0.3, -0.25) is 0 Å². The minimum Gasteiger partial charge on any atom is -0.206 e. The van der Waals surface area contributed by atoms with E-state index in [1.807, 2.05) is 13.2 Å². The van der Waals surface area contributed by atoms with E-state index >= 15 is 0 Å². The first kappa shape index (κ1) is 12.9. The number of aryl methyl sites for hydroxylation is 2. The predicted octanol–water partition coefficient (Wildman–Crippen LogP) is 3.15. The van der Waals surface area contributed by atoms with Crippen LogP contribution in [-0.2, 0) is 7.05 Å². The fraction of sp³-hybridized carbons (Fsp3) is 0.167. The van der Waals surface area contributed by atoms with Crippen LogP contribution in [0.25, 0.3) is 22.0 Å². The number of rotatable bonds is 0. The van der Waals surface area contributed by atoms with Crippen LogP contribution in [0, 0.1) is 12.7 Å². The zero-order valence-electron chi connectivity index (χ0n) is 12.3. The molecular weight excluding hydrogens is 280 g/mol. The molecule has 0 fully saturated rings. The number of hydrogen-bond acceptors (Lipinski definition) is 0. The molecule has 3 aromatic rings. The van der Waals surface area contributed by atoms with E-state index in [0.29, 0.717) is 0 Å². The molecule has 1 aliphatic rings. The number of fused-ring (bicyclic) bond motifs is 2. The van der Waals surface area contributed by atoms with Crippen molar-refractivity contribution in [2.75, 3.05) is 6.66 Å². The number of nitrogens with zero attached hydrogens (tertiary/aromatic N) is 1. The lowest BCUT2D eigenvalue weighted by atomic mass is 9.96. The summed E-state index contributed by atoms with van der Waals surface area (Å²) >= 11 is 0. The second-order valence-corrected chi connectivity index (χ2v) is 7.71. The highest BCUT2D eigenvalue weighted by Gasteiger charge is 2.33. The van der Waals surface area contributed by atoms with Gasteiger partial charge in [-0.15, -0.1) is 0 Å². The summed E-state index contributed by atoms with van der Waals surface area (Å²) in [5, 5.41) is 4.72. The van der Waals surface area contributed by atoms with Crippen LogP contribution < -0.4 is 15.2 Å². The van der Waals surface area contributed by atoms with Crippen molar-refractivity contribution >= 4 is 29.3 Å². The maximum atomic E-state index is 14.5. The van der Waals surface area contributed by atoms with E-state index < -0.39 is 7.92 Å². The van der Waals surface area contributed by atoms with E-state index in [-0.39, 0.29) is 5.82 Å². The summed E-state index contributed by atoms with van der Waals surface area (Å²) in [4.78, 5) is 0. The molecule has 1 atom stereocenters. The van der Waals surface area contributed by atoms with Gasteiger partial charge >= 0.3 is 0 Å². The monoisotopic (exact) mass is 296 g/mol. The maximum Gasteiger partial charge on any atom is 0.224 e. The average molecular weight is 296 g/mol. The standard InChI is InChI=1S/C18H16FNP/c1-11-7-8-12-5-4-6-14-16(12)15(11)17-18(21(14)3)13(19)9-10-20(17)2/h4-10H,1-3H3/q+1. The Morgan fingerprint density at radius 1 is 1.10 bits per heavy atom. The normalized spacial score (nSPS) is 16.1. The van der Waals surface area contributed by atoms with Gasteiger partial charge in [0, 0.05) is 11.5 Å². The highest BCUT2D eigenvalue weighted by Crippen LogP contribution is 2.44. The van der Waals surface area contributed by atoms with Crippen LogP contribution in [0.4, 0.5) is 4.39 Å². The van der Waals surface area contributed by atoms with Gasteiger partial charge in [0.2, 0.25) is 5.69 Å². The molecule has 0 bridgehead atoms. The van der Waals surface area contributed by atoms with E-state index in [1.165, 1.54) is 27.2 Å². The Morgan fingerprint density at radius 2 is 1.90 bits per heavy atom. The first-order valence-electron chi connectivity index (χ1n) is 7.04. The first-order valence-corrected chi connectivity index (χ1v) is 8.83. The number of pyridine rings is 1. The highest BCUT2D eigenvalue weighted by molar-refractivity contribution is 7.73. The number of aromatic nitrogens is 1. The minimum absolute atomic E-state index is 0.0809. The molecule has 4 rings (SSSR count). The Kier molecular flexibility index (Phi) is 2.68. The first-order chi connectivity index (χ1) is 10.1. The van der Waals surface area contributed by atoms with Crippen molar-refractivity contribution in [3.8, 4) is 11.3 Å². The van der Waals surface area contributed by atoms with E-state index in [2.05, 4.69) is 48.5 Å². The molecule has 1 unspecified atom stereocenters. The maximum absolute atomic E-state index is 14.5. The van der Waals surface area contributed by atoms with E-state index in [1.54, 1.807) is 6.07 Å². The number of hydrogen-bond donors (Lipinski definition) is 0. The van der Waals surface area contributed by atoms with Crippen LogP contribution in [0.5, 0.6) is 0 Å².